The van der Waals surface area contributed by atoms with E-state index in [2.05, 4.69) is 9.71 Å². The van der Waals surface area contributed by atoms with Gasteiger partial charge >= 0.3 is 0 Å². The normalized spacial score (nSPS) is 10.8. The summed E-state index contributed by atoms with van der Waals surface area (Å²) in [7, 11) is -3.82. The summed E-state index contributed by atoms with van der Waals surface area (Å²) in [6.45, 7) is 1.72. The Balaban J connectivity index is 2.44. The van der Waals surface area contributed by atoms with Gasteiger partial charge in [-0.15, -0.1) is 0 Å². The standard InChI is InChI=1S/C13H10ClN3O2S/c1-9-5-6-16-13(14)12(9)17-20(18,19)11-4-2-3-10(7-11)8-15/h2-7,17H,1H3. The van der Waals surface area contributed by atoms with Gasteiger partial charge in [-0.3, -0.25) is 4.72 Å². The minimum absolute atomic E-state index is 0.00382. The fraction of sp³-hybridized carbons (Fsp3) is 0.0769. The van der Waals surface area contributed by atoms with E-state index >= 15 is 0 Å². The Morgan fingerprint density at radius 3 is 2.75 bits per heavy atom. The van der Waals surface area contributed by atoms with Crippen LogP contribution in [0.5, 0.6) is 0 Å². The van der Waals surface area contributed by atoms with Crippen molar-refractivity contribution in [3.05, 3.63) is 52.8 Å². The van der Waals surface area contributed by atoms with Gasteiger partial charge in [0, 0.05) is 6.20 Å². The topological polar surface area (TPSA) is 82.8 Å². The maximum Gasteiger partial charge on any atom is 0.262 e. The van der Waals surface area contributed by atoms with Gasteiger partial charge in [-0.1, -0.05) is 17.7 Å². The second-order valence-corrected chi connectivity index (χ2v) is 6.08. The lowest BCUT2D eigenvalue weighted by atomic mass is 10.2. The monoisotopic (exact) mass is 307 g/mol. The van der Waals surface area contributed by atoms with E-state index in [1.807, 2.05) is 6.07 Å². The van der Waals surface area contributed by atoms with E-state index in [4.69, 9.17) is 16.9 Å². The molecule has 1 aromatic carbocycles. The van der Waals surface area contributed by atoms with Gasteiger partial charge in [0.1, 0.15) is 0 Å². The lowest BCUT2D eigenvalue weighted by Gasteiger charge is -2.11. The summed E-state index contributed by atoms with van der Waals surface area (Å²) in [4.78, 5) is 3.83. The number of nitrogens with one attached hydrogen (secondary N) is 1. The number of nitriles is 1. The molecule has 0 amide bonds. The van der Waals surface area contributed by atoms with Crippen molar-refractivity contribution in [1.82, 2.24) is 4.98 Å². The van der Waals surface area contributed by atoms with Crippen LogP contribution in [0.4, 0.5) is 5.69 Å². The first-order valence-electron chi connectivity index (χ1n) is 5.58. The first-order valence-corrected chi connectivity index (χ1v) is 7.44. The number of rotatable bonds is 3. The fourth-order valence-corrected chi connectivity index (χ4v) is 3.07. The summed E-state index contributed by atoms with van der Waals surface area (Å²) in [5.74, 6) is 0. The lowest BCUT2D eigenvalue weighted by molar-refractivity contribution is 0.601. The van der Waals surface area contributed by atoms with Crippen LogP contribution in [0.15, 0.2) is 41.4 Å². The predicted molar refractivity (Wildman–Crippen MR) is 75.9 cm³/mol. The smallest absolute Gasteiger partial charge is 0.262 e. The third-order valence-corrected chi connectivity index (χ3v) is 4.26. The molecule has 102 valence electrons. The van der Waals surface area contributed by atoms with Crippen molar-refractivity contribution in [1.29, 1.82) is 5.26 Å². The molecule has 2 rings (SSSR count). The molecule has 0 unspecified atom stereocenters. The highest BCUT2D eigenvalue weighted by atomic mass is 35.5. The molecule has 2 aromatic rings. The van der Waals surface area contributed by atoms with Crippen molar-refractivity contribution in [3.63, 3.8) is 0 Å². The Morgan fingerprint density at radius 2 is 2.10 bits per heavy atom. The van der Waals surface area contributed by atoms with Crippen molar-refractivity contribution in [2.45, 2.75) is 11.8 Å². The molecule has 5 nitrogen and oxygen atoms in total. The fourth-order valence-electron chi connectivity index (χ4n) is 1.57. The van der Waals surface area contributed by atoms with Crippen LogP contribution in [0.1, 0.15) is 11.1 Å². The Bertz CT molecular complexity index is 777. The number of aryl methyl sites for hydroxylation is 1. The predicted octanol–water partition coefficient (Wildman–Crippen LogP) is 2.72. The zero-order valence-corrected chi connectivity index (χ0v) is 12.0. The molecule has 0 aliphatic heterocycles. The average Bonchev–Trinajstić information content (AvgIpc) is 2.43. The van der Waals surface area contributed by atoms with Crippen LogP contribution in [0.25, 0.3) is 0 Å². The minimum atomic E-state index is -3.82. The van der Waals surface area contributed by atoms with E-state index in [0.29, 0.717) is 5.56 Å². The maximum atomic E-state index is 12.3. The van der Waals surface area contributed by atoms with Crippen LogP contribution in [0.3, 0.4) is 0 Å². The quantitative estimate of drug-likeness (QED) is 0.884. The molecule has 1 aromatic heterocycles. The van der Waals surface area contributed by atoms with Gasteiger partial charge in [0.05, 0.1) is 22.2 Å². The first kappa shape index (κ1) is 14.3. The largest absolute Gasteiger partial charge is 0.276 e. The molecule has 0 aliphatic rings. The van der Waals surface area contributed by atoms with E-state index in [-0.39, 0.29) is 21.3 Å². The highest BCUT2D eigenvalue weighted by molar-refractivity contribution is 7.92. The molecule has 7 heteroatoms. The molecule has 0 spiro atoms. The van der Waals surface area contributed by atoms with Crippen LogP contribution in [0.2, 0.25) is 5.15 Å². The van der Waals surface area contributed by atoms with Gasteiger partial charge in [0.2, 0.25) is 0 Å². The maximum absolute atomic E-state index is 12.3. The van der Waals surface area contributed by atoms with Crippen LogP contribution >= 0.6 is 11.6 Å². The molecule has 0 radical (unpaired) electrons. The molecule has 0 fully saturated rings. The Morgan fingerprint density at radius 1 is 1.35 bits per heavy atom. The second-order valence-electron chi connectivity index (χ2n) is 4.04. The van der Waals surface area contributed by atoms with Gasteiger partial charge in [0.15, 0.2) is 5.15 Å². The number of nitrogens with zero attached hydrogens (tertiary/aromatic N) is 2. The summed E-state index contributed by atoms with van der Waals surface area (Å²) < 4.78 is 26.9. The average molecular weight is 308 g/mol. The van der Waals surface area contributed by atoms with Crippen molar-refractivity contribution >= 4 is 27.3 Å². The van der Waals surface area contributed by atoms with Gasteiger partial charge < -0.3 is 0 Å². The summed E-state index contributed by atoms with van der Waals surface area (Å²) >= 11 is 5.89. The summed E-state index contributed by atoms with van der Waals surface area (Å²) in [5.41, 5.74) is 1.16. The third-order valence-electron chi connectivity index (χ3n) is 2.62. The van der Waals surface area contributed by atoms with E-state index in [9.17, 15) is 8.42 Å². The Hall–Kier alpha value is -2.10. The number of benzene rings is 1. The molecule has 1 heterocycles. The number of anilines is 1. The Kier molecular flexibility index (Phi) is 3.93. The highest BCUT2D eigenvalue weighted by Crippen LogP contribution is 2.26. The third kappa shape index (κ3) is 2.90. The van der Waals surface area contributed by atoms with E-state index in [0.717, 1.165) is 0 Å². The van der Waals surface area contributed by atoms with Crippen molar-refractivity contribution in [2.24, 2.45) is 0 Å². The molecule has 1 N–H and O–H groups in total. The molecular weight excluding hydrogens is 298 g/mol. The highest BCUT2D eigenvalue weighted by Gasteiger charge is 2.17. The molecule has 0 atom stereocenters. The molecular formula is C13H10ClN3O2S. The number of halogens is 1. The number of hydrogen-bond donors (Lipinski definition) is 1. The molecule has 0 saturated heterocycles. The molecule has 0 aliphatic carbocycles. The summed E-state index contributed by atoms with van der Waals surface area (Å²) in [6.07, 6.45) is 1.49. The Labute approximate surface area is 121 Å². The summed E-state index contributed by atoms with van der Waals surface area (Å²) in [5, 5.41) is 8.88. The van der Waals surface area contributed by atoms with Crippen molar-refractivity contribution in [2.75, 3.05) is 4.72 Å². The number of hydrogen-bond acceptors (Lipinski definition) is 4. The van der Waals surface area contributed by atoms with Crippen LogP contribution in [-0.4, -0.2) is 13.4 Å². The molecule has 20 heavy (non-hydrogen) atoms. The van der Waals surface area contributed by atoms with E-state index < -0.39 is 10.0 Å². The lowest BCUT2D eigenvalue weighted by Crippen LogP contribution is -2.14. The number of sulfonamides is 1. The van der Waals surface area contributed by atoms with Crippen molar-refractivity contribution in [3.8, 4) is 6.07 Å². The summed E-state index contributed by atoms with van der Waals surface area (Å²) in [6, 6.07) is 9.28. The zero-order valence-electron chi connectivity index (χ0n) is 10.5. The van der Waals surface area contributed by atoms with Gasteiger partial charge in [0.25, 0.3) is 10.0 Å². The van der Waals surface area contributed by atoms with Crippen LogP contribution < -0.4 is 4.72 Å². The zero-order chi connectivity index (χ0) is 14.8. The number of pyridine rings is 1. The minimum Gasteiger partial charge on any atom is -0.276 e. The van der Waals surface area contributed by atoms with Crippen LogP contribution in [0, 0.1) is 18.3 Å². The van der Waals surface area contributed by atoms with E-state index in [1.54, 1.807) is 13.0 Å². The van der Waals surface area contributed by atoms with Gasteiger partial charge in [-0.2, -0.15) is 5.26 Å². The van der Waals surface area contributed by atoms with Gasteiger partial charge in [-0.05, 0) is 36.8 Å². The van der Waals surface area contributed by atoms with Gasteiger partial charge in [-0.25, -0.2) is 13.4 Å². The molecule has 0 bridgehead atoms. The van der Waals surface area contributed by atoms with E-state index in [1.165, 1.54) is 30.5 Å². The van der Waals surface area contributed by atoms with Crippen molar-refractivity contribution < 1.29 is 8.42 Å². The number of aromatic nitrogens is 1. The van der Waals surface area contributed by atoms with Crippen LogP contribution in [-0.2, 0) is 10.0 Å². The molecule has 0 saturated carbocycles. The SMILES string of the molecule is Cc1ccnc(Cl)c1NS(=O)(=O)c1cccc(C#N)c1. The second kappa shape index (κ2) is 5.49. The first-order chi connectivity index (χ1) is 9.44.